The maximum Gasteiger partial charge on any atom is 0.255 e. The third-order valence-corrected chi connectivity index (χ3v) is 4.54. The minimum atomic E-state index is -0.222. The lowest BCUT2D eigenvalue weighted by Crippen LogP contribution is -2.47. The number of carbonyl (C=O) groups is 2. The van der Waals surface area contributed by atoms with Gasteiger partial charge in [-0.2, -0.15) is 0 Å². The molecule has 0 unspecified atom stereocenters. The van der Waals surface area contributed by atoms with Crippen LogP contribution in [0.3, 0.4) is 0 Å². The SMILES string of the molecule is CN1CCN(C(=O)Cc2cccc(NC(=O)c3cccc(N)c3)c2)CC1. The predicted molar refractivity (Wildman–Crippen MR) is 103 cm³/mol. The van der Waals surface area contributed by atoms with Gasteiger partial charge in [-0.15, -0.1) is 0 Å². The van der Waals surface area contributed by atoms with Gasteiger partial charge < -0.3 is 20.9 Å². The van der Waals surface area contributed by atoms with Crippen LogP contribution in [0.25, 0.3) is 0 Å². The van der Waals surface area contributed by atoms with Crippen LogP contribution in [0.4, 0.5) is 11.4 Å². The minimum Gasteiger partial charge on any atom is -0.399 e. The van der Waals surface area contributed by atoms with Crippen LogP contribution in [0, 0.1) is 0 Å². The summed E-state index contributed by atoms with van der Waals surface area (Å²) >= 11 is 0. The Morgan fingerprint density at radius 3 is 2.50 bits per heavy atom. The molecule has 2 aromatic rings. The summed E-state index contributed by atoms with van der Waals surface area (Å²) in [6, 6.07) is 14.2. The predicted octanol–water partition coefficient (Wildman–Crippen LogP) is 1.84. The number of benzene rings is 2. The highest BCUT2D eigenvalue weighted by atomic mass is 16.2. The molecule has 2 amide bonds. The first kappa shape index (κ1) is 17.9. The molecule has 1 fully saturated rings. The van der Waals surface area contributed by atoms with Crippen LogP contribution in [0.15, 0.2) is 48.5 Å². The van der Waals surface area contributed by atoms with Crippen LogP contribution in [-0.2, 0) is 11.2 Å². The van der Waals surface area contributed by atoms with Gasteiger partial charge in [0.1, 0.15) is 0 Å². The van der Waals surface area contributed by atoms with Crippen LogP contribution in [0.2, 0.25) is 0 Å². The Kier molecular flexibility index (Phi) is 5.53. The van der Waals surface area contributed by atoms with Crippen molar-refractivity contribution in [2.24, 2.45) is 0 Å². The molecule has 0 radical (unpaired) electrons. The van der Waals surface area contributed by atoms with Crippen LogP contribution >= 0.6 is 0 Å². The third-order valence-electron chi connectivity index (χ3n) is 4.54. The van der Waals surface area contributed by atoms with E-state index in [1.54, 1.807) is 24.3 Å². The molecule has 3 rings (SSSR count). The fourth-order valence-electron chi connectivity index (χ4n) is 2.98. The number of nitrogens with one attached hydrogen (secondary N) is 1. The highest BCUT2D eigenvalue weighted by Gasteiger charge is 2.19. The van der Waals surface area contributed by atoms with Gasteiger partial charge in [0, 0.05) is 43.1 Å². The van der Waals surface area contributed by atoms with Crippen molar-refractivity contribution >= 4 is 23.2 Å². The summed E-state index contributed by atoms with van der Waals surface area (Å²) < 4.78 is 0. The zero-order chi connectivity index (χ0) is 18.5. The van der Waals surface area contributed by atoms with Crippen LogP contribution in [-0.4, -0.2) is 54.8 Å². The standard InChI is InChI=1S/C20H24N4O2/c1-23-8-10-24(11-9-23)19(25)13-15-4-2-7-18(12-15)22-20(26)16-5-3-6-17(21)14-16/h2-7,12,14H,8-11,13,21H2,1H3,(H,22,26). The molecule has 0 bridgehead atoms. The third kappa shape index (κ3) is 4.61. The molecule has 0 aromatic heterocycles. The lowest BCUT2D eigenvalue weighted by atomic mass is 10.1. The number of nitrogens with two attached hydrogens (primary N) is 1. The van der Waals surface area contributed by atoms with E-state index >= 15 is 0 Å². The molecular weight excluding hydrogens is 328 g/mol. The Hall–Kier alpha value is -2.86. The van der Waals surface area contributed by atoms with E-state index in [1.165, 1.54) is 0 Å². The van der Waals surface area contributed by atoms with Crippen molar-refractivity contribution in [1.29, 1.82) is 0 Å². The second-order valence-corrected chi connectivity index (χ2v) is 6.64. The van der Waals surface area contributed by atoms with E-state index in [4.69, 9.17) is 5.73 Å². The molecule has 2 aromatic carbocycles. The number of rotatable bonds is 4. The highest BCUT2D eigenvalue weighted by molar-refractivity contribution is 6.04. The average molecular weight is 352 g/mol. The van der Waals surface area contributed by atoms with Gasteiger partial charge in [-0.1, -0.05) is 18.2 Å². The summed E-state index contributed by atoms with van der Waals surface area (Å²) in [5, 5.41) is 2.86. The van der Waals surface area contributed by atoms with E-state index in [2.05, 4.69) is 17.3 Å². The van der Waals surface area contributed by atoms with E-state index in [-0.39, 0.29) is 11.8 Å². The largest absolute Gasteiger partial charge is 0.399 e. The fourth-order valence-corrected chi connectivity index (χ4v) is 2.98. The van der Waals surface area contributed by atoms with Crippen LogP contribution in [0.5, 0.6) is 0 Å². The molecule has 6 nitrogen and oxygen atoms in total. The number of carbonyl (C=O) groups excluding carboxylic acids is 2. The number of amides is 2. The van der Waals surface area contributed by atoms with E-state index in [9.17, 15) is 9.59 Å². The van der Waals surface area contributed by atoms with E-state index in [0.29, 0.717) is 23.4 Å². The molecule has 136 valence electrons. The summed E-state index contributed by atoms with van der Waals surface area (Å²) in [7, 11) is 2.06. The van der Waals surface area contributed by atoms with Crippen molar-refractivity contribution in [3.63, 3.8) is 0 Å². The second kappa shape index (κ2) is 8.01. The number of piperazine rings is 1. The normalized spacial score (nSPS) is 14.9. The molecule has 6 heteroatoms. The smallest absolute Gasteiger partial charge is 0.255 e. The molecular formula is C20H24N4O2. The van der Waals surface area contributed by atoms with Crippen LogP contribution in [0.1, 0.15) is 15.9 Å². The van der Waals surface area contributed by atoms with Crippen molar-refractivity contribution in [1.82, 2.24) is 9.80 Å². The first-order valence-electron chi connectivity index (χ1n) is 8.73. The van der Waals surface area contributed by atoms with Gasteiger partial charge in [0.25, 0.3) is 5.91 Å². The topological polar surface area (TPSA) is 78.7 Å². The van der Waals surface area contributed by atoms with E-state index in [1.807, 2.05) is 29.2 Å². The number of hydrogen-bond donors (Lipinski definition) is 2. The van der Waals surface area contributed by atoms with E-state index in [0.717, 1.165) is 31.7 Å². The van der Waals surface area contributed by atoms with E-state index < -0.39 is 0 Å². The maximum absolute atomic E-state index is 12.5. The average Bonchev–Trinajstić information content (AvgIpc) is 2.62. The lowest BCUT2D eigenvalue weighted by molar-refractivity contribution is -0.132. The summed E-state index contributed by atoms with van der Waals surface area (Å²) in [6.07, 6.45) is 0.339. The molecule has 1 aliphatic rings. The van der Waals surface area contributed by atoms with Crippen molar-refractivity contribution < 1.29 is 9.59 Å². The Morgan fingerprint density at radius 2 is 1.77 bits per heavy atom. The molecule has 3 N–H and O–H groups in total. The summed E-state index contributed by atoms with van der Waals surface area (Å²) in [4.78, 5) is 28.9. The molecule has 1 heterocycles. The number of nitrogens with zero attached hydrogens (tertiary/aromatic N) is 2. The van der Waals surface area contributed by atoms with Crippen molar-refractivity contribution in [3.05, 3.63) is 59.7 Å². The highest BCUT2D eigenvalue weighted by Crippen LogP contribution is 2.15. The molecule has 0 spiro atoms. The molecule has 26 heavy (non-hydrogen) atoms. The summed E-state index contributed by atoms with van der Waals surface area (Å²) in [5.41, 5.74) is 8.33. The Labute approximate surface area is 153 Å². The lowest BCUT2D eigenvalue weighted by Gasteiger charge is -2.32. The van der Waals surface area contributed by atoms with Gasteiger partial charge in [0.2, 0.25) is 5.91 Å². The Balaban J connectivity index is 1.63. The second-order valence-electron chi connectivity index (χ2n) is 6.64. The van der Waals surface area contributed by atoms with Gasteiger partial charge in [0.15, 0.2) is 0 Å². The van der Waals surface area contributed by atoms with Gasteiger partial charge >= 0.3 is 0 Å². The Bertz CT molecular complexity index is 798. The zero-order valence-corrected chi connectivity index (χ0v) is 14.9. The van der Waals surface area contributed by atoms with Gasteiger partial charge in [-0.25, -0.2) is 0 Å². The first-order valence-corrected chi connectivity index (χ1v) is 8.73. The number of nitrogen functional groups attached to an aromatic ring is 1. The maximum atomic E-state index is 12.5. The van der Waals surface area contributed by atoms with Crippen LogP contribution < -0.4 is 11.1 Å². The zero-order valence-electron chi connectivity index (χ0n) is 14.9. The summed E-state index contributed by atoms with van der Waals surface area (Å²) in [5.74, 6) is -0.0998. The van der Waals surface area contributed by atoms with Gasteiger partial charge in [-0.3, -0.25) is 9.59 Å². The fraction of sp³-hybridized carbons (Fsp3) is 0.300. The first-order chi connectivity index (χ1) is 12.5. The van der Waals surface area contributed by atoms with Gasteiger partial charge in [0.05, 0.1) is 6.42 Å². The number of hydrogen-bond acceptors (Lipinski definition) is 4. The molecule has 1 saturated heterocycles. The molecule has 0 aliphatic carbocycles. The van der Waals surface area contributed by atoms with Gasteiger partial charge in [-0.05, 0) is 42.9 Å². The van der Waals surface area contributed by atoms with Crippen molar-refractivity contribution in [2.75, 3.05) is 44.3 Å². The minimum absolute atomic E-state index is 0.123. The van der Waals surface area contributed by atoms with Crippen molar-refractivity contribution in [2.45, 2.75) is 6.42 Å². The molecule has 1 aliphatic heterocycles. The molecule has 0 atom stereocenters. The number of anilines is 2. The Morgan fingerprint density at radius 1 is 1.04 bits per heavy atom. The monoisotopic (exact) mass is 352 g/mol. The summed E-state index contributed by atoms with van der Waals surface area (Å²) in [6.45, 7) is 3.34. The quantitative estimate of drug-likeness (QED) is 0.823. The van der Waals surface area contributed by atoms with Crippen molar-refractivity contribution in [3.8, 4) is 0 Å². The molecule has 0 saturated carbocycles. The number of likely N-dealkylation sites (N-methyl/N-ethyl adjacent to an activating group) is 1.